The van der Waals surface area contributed by atoms with E-state index in [0.29, 0.717) is 0 Å². The van der Waals surface area contributed by atoms with Crippen LogP contribution in [0.25, 0.3) is 11.1 Å². The lowest BCUT2D eigenvalue weighted by atomic mass is 10.0. The van der Waals surface area contributed by atoms with Crippen molar-refractivity contribution < 1.29 is 4.74 Å². The first-order valence-electron chi connectivity index (χ1n) is 6.77. The molecule has 2 N–H and O–H groups in total. The quantitative estimate of drug-likeness (QED) is 0.800. The summed E-state index contributed by atoms with van der Waals surface area (Å²) in [5.74, 6) is 0.891. The summed E-state index contributed by atoms with van der Waals surface area (Å²) in [6, 6.07) is 16.9. The number of rotatable bonds is 6. The summed E-state index contributed by atoms with van der Waals surface area (Å²) in [5.41, 5.74) is 9.34. The molecule has 2 aromatic carbocycles. The standard InChI is InChI=1S/C17H21NO/c1-19-17-11-9-16(10-12-17)15-7-5-14(6-8-15)4-2-3-13-18/h5-12H,2-4,13,18H2,1H3. The van der Waals surface area contributed by atoms with Gasteiger partial charge in [0, 0.05) is 0 Å². The fourth-order valence-corrected chi connectivity index (χ4v) is 2.12. The molecule has 0 aliphatic heterocycles. The van der Waals surface area contributed by atoms with Gasteiger partial charge in [0.2, 0.25) is 0 Å². The van der Waals surface area contributed by atoms with Crippen molar-refractivity contribution in [3.8, 4) is 16.9 Å². The van der Waals surface area contributed by atoms with Crippen molar-refractivity contribution in [3.63, 3.8) is 0 Å². The van der Waals surface area contributed by atoms with E-state index in [0.717, 1.165) is 25.1 Å². The normalized spacial score (nSPS) is 10.4. The van der Waals surface area contributed by atoms with Crippen LogP contribution in [-0.2, 0) is 6.42 Å². The Labute approximate surface area is 115 Å². The Bertz CT molecular complexity index is 488. The summed E-state index contributed by atoms with van der Waals surface area (Å²) >= 11 is 0. The SMILES string of the molecule is COc1ccc(-c2ccc(CCCCN)cc2)cc1. The second-order valence-corrected chi connectivity index (χ2v) is 4.67. The van der Waals surface area contributed by atoms with E-state index in [1.54, 1.807) is 7.11 Å². The summed E-state index contributed by atoms with van der Waals surface area (Å²) in [5, 5.41) is 0. The Hall–Kier alpha value is -1.80. The molecule has 2 aromatic rings. The van der Waals surface area contributed by atoms with Crippen LogP contribution in [-0.4, -0.2) is 13.7 Å². The highest BCUT2D eigenvalue weighted by molar-refractivity contribution is 5.64. The molecule has 0 amide bonds. The smallest absolute Gasteiger partial charge is 0.118 e. The summed E-state index contributed by atoms with van der Waals surface area (Å²) in [7, 11) is 1.69. The highest BCUT2D eigenvalue weighted by Crippen LogP contribution is 2.23. The Balaban J connectivity index is 2.04. The predicted octanol–water partition coefficient (Wildman–Crippen LogP) is 3.64. The topological polar surface area (TPSA) is 35.2 Å². The molecule has 2 rings (SSSR count). The van der Waals surface area contributed by atoms with Gasteiger partial charge in [0.15, 0.2) is 0 Å². The molecule has 0 radical (unpaired) electrons. The molecule has 0 fully saturated rings. The van der Waals surface area contributed by atoms with E-state index in [4.69, 9.17) is 10.5 Å². The van der Waals surface area contributed by atoms with E-state index in [2.05, 4.69) is 36.4 Å². The third-order valence-corrected chi connectivity index (χ3v) is 3.30. The monoisotopic (exact) mass is 255 g/mol. The zero-order chi connectivity index (χ0) is 13.5. The van der Waals surface area contributed by atoms with Crippen molar-refractivity contribution in [2.75, 3.05) is 13.7 Å². The van der Waals surface area contributed by atoms with Gasteiger partial charge < -0.3 is 10.5 Å². The Morgan fingerprint density at radius 1 is 0.842 bits per heavy atom. The highest BCUT2D eigenvalue weighted by Gasteiger charge is 1.99. The molecule has 0 saturated heterocycles. The number of hydrogen-bond donors (Lipinski definition) is 1. The highest BCUT2D eigenvalue weighted by atomic mass is 16.5. The maximum absolute atomic E-state index is 5.51. The van der Waals surface area contributed by atoms with Gasteiger partial charge >= 0.3 is 0 Å². The number of ether oxygens (including phenoxy) is 1. The van der Waals surface area contributed by atoms with Crippen LogP contribution >= 0.6 is 0 Å². The molecule has 0 unspecified atom stereocenters. The van der Waals surface area contributed by atoms with Crippen LogP contribution in [0.1, 0.15) is 18.4 Å². The number of nitrogens with two attached hydrogens (primary N) is 1. The Morgan fingerprint density at radius 2 is 1.42 bits per heavy atom. The fourth-order valence-electron chi connectivity index (χ4n) is 2.12. The van der Waals surface area contributed by atoms with Gasteiger partial charge in [0.25, 0.3) is 0 Å². The molecule has 0 aliphatic rings. The van der Waals surface area contributed by atoms with E-state index in [9.17, 15) is 0 Å². The molecular weight excluding hydrogens is 234 g/mol. The Kier molecular flexibility index (Phi) is 4.99. The second-order valence-electron chi connectivity index (χ2n) is 4.67. The van der Waals surface area contributed by atoms with Crippen molar-refractivity contribution >= 4 is 0 Å². The van der Waals surface area contributed by atoms with Gasteiger partial charge in [-0.15, -0.1) is 0 Å². The van der Waals surface area contributed by atoms with Gasteiger partial charge in [-0.05, 0) is 54.6 Å². The third kappa shape index (κ3) is 3.83. The van der Waals surface area contributed by atoms with E-state index in [1.165, 1.54) is 23.1 Å². The summed E-state index contributed by atoms with van der Waals surface area (Å²) < 4.78 is 5.17. The Morgan fingerprint density at radius 3 is 1.95 bits per heavy atom. The second kappa shape index (κ2) is 6.95. The van der Waals surface area contributed by atoms with Gasteiger partial charge in [-0.2, -0.15) is 0 Å². The third-order valence-electron chi connectivity index (χ3n) is 3.30. The lowest BCUT2D eigenvalue weighted by Gasteiger charge is -2.06. The van der Waals surface area contributed by atoms with E-state index >= 15 is 0 Å². The zero-order valence-electron chi connectivity index (χ0n) is 11.4. The van der Waals surface area contributed by atoms with Crippen molar-refractivity contribution in [1.82, 2.24) is 0 Å². The average molecular weight is 255 g/mol. The molecule has 19 heavy (non-hydrogen) atoms. The van der Waals surface area contributed by atoms with Gasteiger partial charge in [-0.3, -0.25) is 0 Å². The first-order chi connectivity index (χ1) is 9.33. The molecular formula is C17H21NO. The molecule has 2 heteroatoms. The molecule has 0 spiro atoms. The van der Waals surface area contributed by atoms with Gasteiger partial charge in [0.05, 0.1) is 7.11 Å². The largest absolute Gasteiger partial charge is 0.497 e. The lowest BCUT2D eigenvalue weighted by molar-refractivity contribution is 0.415. The summed E-state index contributed by atoms with van der Waals surface area (Å²) in [6.07, 6.45) is 3.37. The minimum Gasteiger partial charge on any atom is -0.497 e. The number of aryl methyl sites for hydroxylation is 1. The van der Waals surface area contributed by atoms with Gasteiger partial charge in [-0.1, -0.05) is 36.4 Å². The lowest BCUT2D eigenvalue weighted by Crippen LogP contribution is -1.98. The van der Waals surface area contributed by atoms with Gasteiger partial charge in [-0.25, -0.2) is 0 Å². The number of methoxy groups -OCH3 is 1. The van der Waals surface area contributed by atoms with Crippen molar-refractivity contribution in [3.05, 3.63) is 54.1 Å². The van der Waals surface area contributed by atoms with Crippen LogP contribution in [0.2, 0.25) is 0 Å². The maximum Gasteiger partial charge on any atom is 0.118 e. The average Bonchev–Trinajstić information content (AvgIpc) is 2.48. The molecule has 0 heterocycles. The van der Waals surface area contributed by atoms with E-state index in [1.807, 2.05) is 12.1 Å². The van der Waals surface area contributed by atoms with Crippen molar-refractivity contribution in [1.29, 1.82) is 0 Å². The molecule has 0 bridgehead atoms. The molecule has 100 valence electrons. The van der Waals surface area contributed by atoms with Crippen LogP contribution in [0.5, 0.6) is 5.75 Å². The van der Waals surface area contributed by atoms with Crippen molar-refractivity contribution in [2.45, 2.75) is 19.3 Å². The fraction of sp³-hybridized carbons (Fsp3) is 0.294. The van der Waals surface area contributed by atoms with Crippen molar-refractivity contribution in [2.24, 2.45) is 5.73 Å². The van der Waals surface area contributed by atoms with Crippen LogP contribution in [0, 0.1) is 0 Å². The van der Waals surface area contributed by atoms with Crippen LogP contribution in [0.4, 0.5) is 0 Å². The first-order valence-corrected chi connectivity index (χ1v) is 6.77. The molecule has 0 saturated carbocycles. The molecule has 0 atom stereocenters. The minimum atomic E-state index is 0.782. The number of benzene rings is 2. The van der Waals surface area contributed by atoms with Crippen LogP contribution < -0.4 is 10.5 Å². The van der Waals surface area contributed by atoms with E-state index in [-0.39, 0.29) is 0 Å². The maximum atomic E-state index is 5.51. The van der Waals surface area contributed by atoms with E-state index < -0.39 is 0 Å². The van der Waals surface area contributed by atoms with Crippen LogP contribution in [0.15, 0.2) is 48.5 Å². The molecule has 0 aromatic heterocycles. The predicted molar refractivity (Wildman–Crippen MR) is 80.4 cm³/mol. The molecule has 2 nitrogen and oxygen atoms in total. The van der Waals surface area contributed by atoms with Gasteiger partial charge in [0.1, 0.15) is 5.75 Å². The first kappa shape index (κ1) is 13.6. The summed E-state index contributed by atoms with van der Waals surface area (Å²) in [4.78, 5) is 0. The molecule has 0 aliphatic carbocycles. The zero-order valence-corrected chi connectivity index (χ0v) is 11.4. The van der Waals surface area contributed by atoms with Crippen LogP contribution in [0.3, 0.4) is 0 Å². The number of unbranched alkanes of at least 4 members (excludes halogenated alkanes) is 1. The summed E-state index contributed by atoms with van der Waals surface area (Å²) in [6.45, 7) is 0.782. The number of hydrogen-bond acceptors (Lipinski definition) is 2. The minimum absolute atomic E-state index is 0.782.